The monoisotopic (exact) mass is 312 g/mol. The van der Waals surface area contributed by atoms with Gasteiger partial charge >= 0.3 is 0 Å². The molecular weight excluding hydrogens is 288 g/mol. The van der Waals surface area contributed by atoms with Crippen molar-refractivity contribution >= 4 is 22.5 Å². The Morgan fingerprint density at radius 1 is 1.13 bits per heavy atom. The molecule has 1 aliphatic rings. The van der Waals surface area contributed by atoms with Gasteiger partial charge in [-0.05, 0) is 18.7 Å². The smallest absolute Gasteiger partial charge is 0.225 e. The molecule has 0 unspecified atom stereocenters. The van der Waals surface area contributed by atoms with Crippen LogP contribution >= 0.6 is 0 Å². The van der Waals surface area contributed by atoms with Crippen molar-refractivity contribution in [2.75, 3.05) is 44.6 Å². The van der Waals surface area contributed by atoms with Crippen molar-refractivity contribution in [2.24, 2.45) is 0 Å². The van der Waals surface area contributed by atoms with E-state index in [1.54, 1.807) is 6.20 Å². The van der Waals surface area contributed by atoms with Crippen LogP contribution in [0.3, 0.4) is 0 Å². The summed E-state index contributed by atoms with van der Waals surface area (Å²) in [5, 5.41) is 4.05. The van der Waals surface area contributed by atoms with Crippen molar-refractivity contribution in [1.29, 1.82) is 0 Å². The molecule has 1 N–H and O–H groups in total. The van der Waals surface area contributed by atoms with Crippen LogP contribution in [0, 0.1) is 0 Å². The highest BCUT2D eigenvalue weighted by atomic mass is 16.1. The predicted molar refractivity (Wildman–Crippen MR) is 93.5 cm³/mol. The van der Waals surface area contributed by atoms with Crippen LogP contribution in [0.15, 0.2) is 36.5 Å². The second kappa shape index (κ2) is 7.53. The molecule has 5 nitrogen and oxygen atoms in total. The summed E-state index contributed by atoms with van der Waals surface area (Å²) < 4.78 is 0. The molecule has 1 aliphatic heterocycles. The Balaban J connectivity index is 1.53. The van der Waals surface area contributed by atoms with Crippen LogP contribution in [0.1, 0.15) is 13.3 Å². The molecular formula is C18H24N4O. The van der Waals surface area contributed by atoms with Crippen molar-refractivity contribution in [2.45, 2.75) is 13.3 Å². The number of carbonyl (C=O) groups excluding carboxylic acids is 1. The number of pyridine rings is 1. The standard InChI is InChI=1S/C18H24N4O/c1-2-21-11-13-22(14-12-21)10-8-17(23)20-16-7-3-5-15-6-4-9-19-18(15)16/h3-7,9H,2,8,10-14H2,1H3,(H,20,23). The first-order chi connectivity index (χ1) is 11.3. The molecule has 1 fully saturated rings. The van der Waals surface area contributed by atoms with E-state index in [-0.39, 0.29) is 5.91 Å². The van der Waals surface area contributed by atoms with Gasteiger partial charge < -0.3 is 15.1 Å². The fourth-order valence-corrected chi connectivity index (χ4v) is 3.01. The Bertz CT molecular complexity index is 660. The Hall–Kier alpha value is -1.98. The second-order valence-electron chi connectivity index (χ2n) is 5.95. The molecule has 0 spiro atoms. The minimum atomic E-state index is 0.0566. The molecule has 0 radical (unpaired) electrons. The third-order valence-corrected chi connectivity index (χ3v) is 4.47. The summed E-state index contributed by atoms with van der Waals surface area (Å²) in [6.07, 6.45) is 2.28. The zero-order valence-electron chi connectivity index (χ0n) is 13.7. The maximum atomic E-state index is 12.2. The van der Waals surface area contributed by atoms with Crippen LogP contribution < -0.4 is 5.32 Å². The van der Waals surface area contributed by atoms with Crippen LogP contribution in [-0.4, -0.2) is 60.0 Å². The molecule has 0 aliphatic carbocycles. The predicted octanol–water partition coefficient (Wildman–Crippen LogP) is 2.20. The summed E-state index contributed by atoms with van der Waals surface area (Å²) in [4.78, 5) is 21.4. The topological polar surface area (TPSA) is 48.5 Å². The minimum Gasteiger partial charge on any atom is -0.324 e. The maximum Gasteiger partial charge on any atom is 0.225 e. The number of nitrogens with one attached hydrogen (secondary N) is 1. The van der Waals surface area contributed by atoms with E-state index >= 15 is 0 Å². The highest BCUT2D eigenvalue weighted by Crippen LogP contribution is 2.20. The molecule has 1 amide bonds. The number of aromatic nitrogens is 1. The number of likely N-dealkylation sites (N-methyl/N-ethyl adjacent to an activating group) is 1. The Morgan fingerprint density at radius 3 is 2.65 bits per heavy atom. The molecule has 23 heavy (non-hydrogen) atoms. The summed E-state index contributed by atoms with van der Waals surface area (Å²) in [5.41, 5.74) is 1.64. The van der Waals surface area contributed by atoms with Crippen molar-refractivity contribution in [3.8, 4) is 0 Å². The molecule has 1 saturated heterocycles. The molecule has 0 bridgehead atoms. The van der Waals surface area contributed by atoms with Gasteiger partial charge in [-0.25, -0.2) is 0 Å². The molecule has 1 aromatic carbocycles. The van der Waals surface area contributed by atoms with E-state index in [0.29, 0.717) is 6.42 Å². The number of carbonyl (C=O) groups is 1. The quantitative estimate of drug-likeness (QED) is 0.919. The second-order valence-corrected chi connectivity index (χ2v) is 5.95. The van der Waals surface area contributed by atoms with Gasteiger partial charge in [-0.2, -0.15) is 0 Å². The maximum absolute atomic E-state index is 12.2. The van der Waals surface area contributed by atoms with Gasteiger partial charge in [0.15, 0.2) is 0 Å². The van der Waals surface area contributed by atoms with Crippen LogP contribution in [0.4, 0.5) is 5.69 Å². The molecule has 3 rings (SSSR count). The first kappa shape index (κ1) is 15.9. The third-order valence-electron chi connectivity index (χ3n) is 4.47. The molecule has 2 heterocycles. The number of benzene rings is 1. The lowest BCUT2D eigenvalue weighted by atomic mass is 10.2. The van der Waals surface area contributed by atoms with E-state index in [9.17, 15) is 4.79 Å². The molecule has 122 valence electrons. The van der Waals surface area contributed by atoms with Crippen molar-refractivity contribution in [3.05, 3.63) is 36.5 Å². The molecule has 5 heteroatoms. The van der Waals surface area contributed by atoms with Gasteiger partial charge in [0.1, 0.15) is 0 Å². The van der Waals surface area contributed by atoms with Gasteiger partial charge in [0.2, 0.25) is 5.91 Å². The lowest BCUT2D eigenvalue weighted by Gasteiger charge is -2.33. The zero-order valence-corrected chi connectivity index (χ0v) is 13.7. The number of para-hydroxylation sites is 1. The highest BCUT2D eigenvalue weighted by Gasteiger charge is 2.16. The van der Waals surface area contributed by atoms with E-state index in [0.717, 1.165) is 55.9 Å². The summed E-state index contributed by atoms with van der Waals surface area (Å²) in [7, 11) is 0. The molecule has 2 aromatic rings. The Kier molecular flexibility index (Phi) is 5.20. The molecule has 0 atom stereocenters. The van der Waals surface area contributed by atoms with Crippen molar-refractivity contribution < 1.29 is 4.79 Å². The Labute approximate surface area is 137 Å². The highest BCUT2D eigenvalue weighted by molar-refractivity contribution is 6.00. The number of rotatable bonds is 5. The number of amides is 1. The van der Waals surface area contributed by atoms with Gasteiger partial charge in [-0.1, -0.05) is 25.1 Å². The number of anilines is 1. The lowest BCUT2D eigenvalue weighted by Crippen LogP contribution is -2.46. The van der Waals surface area contributed by atoms with E-state index in [4.69, 9.17) is 0 Å². The van der Waals surface area contributed by atoms with Gasteiger partial charge in [-0.3, -0.25) is 9.78 Å². The number of hydrogen-bond donors (Lipinski definition) is 1. The zero-order chi connectivity index (χ0) is 16.1. The van der Waals surface area contributed by atoms with Gasteiger partial charge in [-0.15, -0.1) is 0 Å². The van der Waals surface area contributed by atoms with Crippen molar-refractivity contribution in [1.82, 2.24) is 14.8 Å². The molecule has 0 saturated carbocycles. The van der Waals surface area contributed by atoms with E-state index < -0.39 is 0 Å². The number of hydrogen-bond acceptors (Lipinski definition) is 4. The van der Waals surface area contributed by atoms with Crippen LogP contribution in [-0.2, 0) is 4.79 Å². The summed E-state index contributed by atoms with van der Waals surface area (Å²) in [6.45, 7) is 8.44. The van der Waals surface area contributed by atoms with Crippen molar-refractivity contribution in [3.63, 3.8) is 0 Å². The number of nitrogens with zero attached hydrogens (tertiary/aromatic N) is 3. The average molecular weight is 312 g/mol. The number of piperazine rings is 1. The van der Waals surface area contributed by atoms with E-state index in [1.165, 1.54) is 0 Å². The fraction of sp³-hybridized carbons (Fsp3) is 0.444. The van der Waals surface area contributed by atoms with Crippen LogP contribution in [0.5, 0.6) is 0 Å². The van der Waals surface area contributed by atoms with Gasteiger partial charge in [0, 0.05) is 50.7 Å². The average Bonchev–Trinajstić information content (AvgIpc) is 2.61. The summed E-state index contributed by atoms with van der Waals surface area (Å²) in [5.74, 6) is 0.0566. The van der Waals surface area contributed by atoms with E-state index in [2.05, 4.69) is 27.0 Å². The summed E-state index contributed by atoms with van der Waals surface area (Å²) in [6, 6.07) is 9.77. The fourth-order valence-electron chi connectivity index (χ4n) is 3.01. The van der Waals surface area contributed by atoms with Gasteiger partial charge in [0.05, 0.1) is 11.2 Å². The van der Waals surface area contributed by atoms with Gasteiger partial charge in [0.25, 0.3) is 0 Å². The molecule has 1 aromatic heterocycles. The minimum absolute atomic E-state index is 0.0566. The van der Waals surface area contributed by atoms with Crippen LogP contribution in [0.25, 0.3) is 10.9 Å². The SMILES string of the molecule is CCN1CCN(CCC(=O)Nc2cccc3cccnc23)CC1. The largest absolute Gasteiger partial charge is 0.324 e. The normalized spacial score (nSPS) is 16.6. The summed E-state index contributed by atoms with van der Waals surface area (Å²) >= 11 is 0. The lowest BCUT2D eigenvalue weighted by molar-refractivity contribution is -0.116. The van der Waals surface area contributed by atoms with E-state index in [1.807, 2.05) is 30.3 Å². The first-order valence-electron chi connectivity index (χ1n) is 8.34. The first-order valence-corrected chi connectivity index (χ1v) is 8.34. The number of fused-ring (bicyclic) bond motifs is 1. The Morgan fingerprint density at radius 2 is 1.87 bits per heavy atom. The van der Waals surface area contributed by atoms with Crippen LogP contribution in [0.2, 0.25) is 0 Å². The third kappa shape index (κ3) is 4.06.